The highest BCUT2D eigenvalue weighted by atomic mass is 35.5. The van der Waals surface area contributed by atoms with Gasteiger partial charge in [0.05, 0.1) is 28.3 Å². The van der Waals surface area contributed by atoms with E-state index in [2.05, 4.69) is 5.32 Å². The van der Waals surface area contributed by atoms with Crippen LogP contribution in [0.5, 0.6) is 0 Å². The van der Waals surface area contributed by atoms with Gasteiger partial charge in [0.2, 0.25) is 15.9 Å². The first kappa shape index (κ1) is 25.1. The highest BCUT2D eigenvalue weighted by Crippen LogP contribution is 2.44. The summed E-state index contributed by atoms with van der Waals surface area (Å²) in [5.74, 6) is -0.868. The monoisotopic (exact) mass is 520 g/mol. The molecule has 1 aliphatic heterocycles. The summed E-state index contributed by atoms with van der Waals surface area (Å²) in [4.78, 5) is 24.8. The minimum absolute atomic E-state index is 0.0370. The number of carbonyl (C=O) groups is 2. The maximum Gasteiger partial charge on any atom is 0.245 e. The highest BCUT2D eigenvalue weighted by molar-refractivity contribution is 7.89. The first-order valence-electron chi connectivity index (χ1n) is 10.8. The van der Waals surface area contributed by atoms with Crippen LogP contribution in [0.1, 0.15) is 28.9 Å². The van der Waals surface area contributed by atoms with Gasteiger partial charge in [-0.2, -0.15) is 9.57 Å². The zero-order valence-corrected chi connectivity index (χ0v) is 20.6. The molecule has 0 bridgehead atoms. The molecule has 3 aromatic carbocycles. The number of hydrogen-bond donors (Lipinski definition) is 2. The predicted octanol–water partition coefficient (Wildman–Crippen LogP) is 4.03. The van der Waals surface area contributed by atoms with Gasteiger partial charge in [-0.3, -0.25) is 9.59 Å². The predicted molar refractivity (Wildman–Crippen MR) is 135 cm³/mol. The lowest BCUT2D eigenvalue weighted by molar-refractivity contribution is -0.114. The number of nitriles is 1. The van der Waals surface area contributed by atoms with E-state index in [1.165, 1.54) is 31.2 Å². The van der Waals surface area contributed by atoms with Crippen LogP contribution in [0.15, 0.2) is 95.0 Å². The molecule has 3 N–H and O–H groups in total. The number of nitrogens with one attached hydrogen (secondary N) is 1. The molecule has 0 aliphatic carbocycles. The SMILES string of the molecule is CC(=O)Nc1ccc(S(=O)(=O)N2[C@@H](C(=O)c3ccccc3)C(N)=C(C#N)[C@@H]2c2ccc(Cl)cc2)cc1. The summed E-state index contributed by atoms with van der Waals surface area (Å²) in [6.45, 7) is 1.34. The molecule has 0 unspecified atom stereocenters. The van der Waals surface area contributed by atoms with E-state index in [1.807, 2.05) is 6.07 Å². The zero-order chi connectivity index (χ0) is 26.0. The van der Waals surface area contributed by atoms with E-state index in [0.29, 0.717) is 16.3 Å². The molecule has 10 heteroatoms. The number of hydrogen-bond acceptors (Lipinski definition) is 6. The molecule has 0 saturated heterocycles. The molecule has 1 heterocycles. The minimum Gasteiger partial charge on any atom is -0.399 e. The Hall–Kier alpha value is -3.97. The lowest BCUT2D eigenvalue weighted by atomic mass is 10.00. The van der Waals surface area contributed by atoms with Crippen molar-refractivity contribution in [3.05, 3.63) is 106 Å². The van der Waals surface area contributed by atoms with Gasteiger partial charge in [-0.1, -0.05) is 54.1 Å². The van der Waals surface area contributed by atoms with Gasteiger partial charge >= 0.3 is 0 Å². The fraction of sp³-hybridized carbons (Fsp3) is 0.115. The Balaban J connectivity index is 1.89. The Bertz CT molecular complexity index is 1500. The quantitative estimate of drug-likeness (QED) is 0.471. The number of benzene rings is 3. The summed E-state index contributed by atoms with van der Waals surface area (Å²) in [6.07, 6.45) is 0. The Morgan fingerprint density at radius 1 is 1.00 bits per heavy atom. The Kier molecular flexibility index (Phi) is 6.95. The van der Waals surface area contributed by atoms with Crippen molar-refractivity contribution in [2.24, 2.45) is 5.73 Å². The molecule has 0 radical (unpaired) electrons. The topological polar surface area (TPSA) is 133 Å². The first-order chi connectivity index (χ1) is 17.1. The van der Waals surface area contributed by atoms with E-state index < -0.39 is 27.9 Å². The third-order valence-corrected chi connectivity index (χ3v) is 7.85. The first-order valence-corrected chi connectivity index (χ1v) is 12.6. The summed E-state index contributed by atoms with van der Waals surface area (Å²) in [5, 5.41) is 13.0. The van der Waals surface area contributed by atoms with Crippen molar-refractivity contribution in [1.29, 1.82) is 5.26 Å². The van der Waals surface area contributed by atoms with Gasteiger partial charge in [-0.05, 0) is 42.0 Å². The maximum atomic E-state index is 14.0. The molecule has 0 saturated carbocycles. The van der Waals surface area contributed by atoms with Gasteiger partial charge in [0, 0.05) is 23.2 Å². The number of anilines is 1. The molecule has 1 aliphatic rings. The van der Waals surface area contributed by atoms with Gasteiger partial charge in [-0.25, -0.2) is 8.42 Å². The van der Waals surface area contributed by atoms with Crippen molar-refractivity contribution in [2.75, 3.05) is 5.32 Å². The molecular formula is C26H21ClN4O4S. The average molecular weight is 521 g/mol. The van der Waals surface area contributed by atoms with Crippen molar-refractivity contribution in [3.8, 4) is 6.07 Å². The van der Waals surface area contributed by atoms with Gasteiger partial charge in [0.1, 0.15) is 6.04 Å². The summed E-state index contributed by atoms with van der Waals surface area (Å²) in [7, 11) is -4.38. The van der Waals surface area contributed by atoms with Crippen molar-refractivity contribution < 1.29 is 18.0 Å². The van der Waals surface area contributed by atoms with E-state index in [-0.39, 0.29) is 27.6 Å². The summed E-state index contributed by atoms with van der Waals surface area (Å²) in [5.41, 5.74) is 7.25. The summed E-state index contributed by atoms with van der Waals surface area (Å²) < 4.78 is 29.1. The number of halogens is 1. The molecule has 0 aromatic heterocycles. The van der Waals surface area contributed by atoms with Crippen molar-refractivity contribution in [1.82, 2.24) is 4.31 Å². The summed E-state index contributed by atoms with van der Waals surface area (Å²) >= 11 is 6.03. The van der Waals surface area contributed by atoms with Crippen molar-refractivity contribution >= 4 is 39.0 Å². The zero-order valence-electron chi connectivity index (χ0n) is 19.1. The van der Waals surface area contributed by atoms with Gasteiger partial charge < -0.3 is 11.1 Å². The number of carbonyl (C=O) groups excluding carboxylic acids is 2. The molecule has 4 rings (SSSR count). The number of Topliss-reactive ketones (excluding diaryl/α,β-unsaturated/α-hetero) is 1. The molecule has 8 nitrogen and oxygen atoms in total. The van der Waals surface area contributed by atoms with Crippen LogP contribution in [0, 0.1) is 11.3 Å². The molecule has 0 fully saturated rings. The Labute approximate surface area is 213 Å². The fourth-order valence-electron chi connectivity index (χ4n) is 4.13. The second-order valence-corrected chi connectivity index (χ2v) is 10.4. The highest BCUT2D eigenvalue weighted by Gasteiger charge is 2.50. The second kappa shape index (κ2) is 9.95. The molecule has 182 valence electrons. The number of rotatable bonds is 6. The van der Waals surface area contributed by atoms with Crippen LogP contribution < -0.4 is 11.1 Å². The van der Waals surface area contributed by atoms with Crippen LogP contribution in [0.3, 0.4) is 0 Å². The van der Waals surface area contributed by atoms with E-state index in [0.717, 1.165) is 4.31 Å². The van der Waals surface area contributed by atoms with E-state index in [9.17, 15) is 23.3 Å². The van der Waals surface area contributed by atoms with Gasteiger partial charge in [0.25, 0.3) is 0 Å². The lowest BCUT2D eigenvalue weighted by Gasteiger charge is -2.30. The third kappa shape index (κ3) is 4.62. The molecule has 1 amide bonds. The minimum atomic E-state index is -4.38. The van der Waals surface area contributed by atoms with Crippen LogP contribution >= 0.6 is 11.6 Å². The maximum absolute atomic E-state index is 14.0. The normalized spacial score (nSPS) is 18.0. The number of ketones is 1. The Morgan fingerprint density at radius 3 is 2.17 bits per heavy atom. The molecule has 36 heavy (non-hydrogen) atoms. The van der Waals surface area contributed by atoms with E-state index in [4.69, 9.17) is 17.3 Å². The largest absolute Gasteiger partial charge is 0.399 e. The van der Waals surface area contributed by atoms with Crippen LogP contribution in [0.4, 0.5) is 5.69 Å². The third-order valence-electron chi connectivity index (χ3n) is 5.75. The lowest BCUT2D eigenvalue weighted by Crippen LogP contribution is -2.45. The molecule has 0 spiro atoms. The standard InChI is InChI=1S/C26H21ClN4O4S/c1-16(32)30-20-11-13-21(14-12-20)36(34,35)31-24(17-7-9-19(27)10-8-17)22(15-28)23(29)25(31)26(33)18-5-3-2-4-6-18/h2-14,24-25H,29H2,1H3,(H,30,32)/t24-,25+/m0/s1. The smallest absolute Gasteiger partial charge is 0.245 e. The van der Waals surface area contributed by atoms with Crippen LogP contribution in [0.2, 0.25) is 5.02 Å². The molecule has 2 atom stereocenters. The van der Waals surface area contributed by atoms with Gasteiger partial charge in [0.15, 0.2) is 5.78 Å². The number of amides is 1. The average Bonchev–Trinajstić information content (AvgIpc) is 3.17. The van der Waals surface area contributed by atoms with Crippen LogP contribution in [0.25, 0.3) is 0 Å². The second-order valence-electron chi connectivity index (χ2n) is 8.11. The molecule has 3 aromatic rings. The van der Waals surface area contributed by atoms with Crippen LogP contribution in [-0.4, -0.2) is 30.5 Å². The summed E-state index contributed by atoms with van der Waals surface area (Å²) in [6, 6.07) is 19.4. The van der Waals surface area contributed by atoms with Gasteiger partial charge in [-0.15, -0.1) is 0 Å². The van der Waals surface area contributed by atoms with Crippen molar-refractivity contribution in [2.45, 2.75) is 23.9 Å². The number of sulfonamides is 1. The molecular weight excluding hydrogens is 500 g/mol. The number of nitrogens with zero attached hydrogens (tertiary/aromatic N) is 2. The van der Waals surface area contributed by atoms with Crippen molar-refractivity contribution in [3.63, 3.8) is 0 Å². The van der Waals surface area contributed by atoms with E-state index >= 15 is 0 Å². The van der Waals surface area contributed by atoms with Crippen LogP contribution in [-0.2, 0) is 14.8 Å². The van der Waals surface area contributed by atoms with E-state index in [1.54, 1.807) is 54.6 Å². The number of nitrogens with two attached hydrogens (primary N) is 1. The Morgan fingerprint density at radius 2 is 1.61 bits per heavy atom. The fourth-order valence-corrected chi connectivity index (χ4v) is 5.97.